The van der Waals surface area contributed by atoms with Crippen LogP contribution in [0.5, 0.6) is 0 Å². The number of nitrogens with zero attached hydrogens (tertiary/aromatic N) is 7. The van der Waals surface area contributed by atoms with E-state index in [0.717, 1.165) is 48.5 Å². The fraction of sp³-hybridized carbons (Fsp3) is 0.300. The number of hydrogen-bond donors (Lipinski definition) is 2. The molecule has 0 bridgehead atoms. The summed E-state index contributed by atoms with van der Waals surface area (Å²) in [7, 11) is 0. The average Bonchev–Trinajstić information content (AvgIpc) is 3.38. The Morgan fingerprint density at radius 1 is 1.02 bits per heavy atom. The second-order valence-electron chi connectivity index (χ2n) is 10.8. The first-order valence-corrected chi connectivity index (χ1v) is 13.6. The van der Waals surface area contributed by atoms with Crippen molar-refractivity contribution in [2.24, 2.45) is 5.73 Å². The van der Waals surface area contributed by atoms with Crippen LogP contribution in [-0.4, -0.2) is 48.6 Å². The van der Waals surface area contributed by atoms with Gasteiger partial charge in [-0.25, -0.2) is 23.7 Å². The van der Waals surface area contributed by atoms with E-state index in [9.17, 15) is 8.78 Å². The molecular formula is C30H31F2N9. The molecule has 1 saturated heterocycles. The summed E-state index contributed by atoms with van der Waals surface area (Å²) >= 11 is 0. The number of rotatable bonds is 7. The summed E-state index contributed by atoms with van der Waals surface area (Å²) in [4.78, 5) is 24.9. The van der Waals surface area contributed by atoms with Gasteiger partial charge in [-0.2, -0.15) is 0 Å². The molecule has 0 amide bonds. The third kappa shape index (κ3) is 5.32. The summed E-state index contributed by atoms with van der Waals surface area (Å²) in [6.45, 7) is 5.84. The normalized spacial score (nSPS) is 17.4. The number of imidazole rings is 1. The second-order valence-corrected chi connectivity index (χ2v) is 10.8. The topological polar surface area (TPSA) is 111 Å². The van der Waals surface area contributed by atoms with E-state index < -0.39 is 17.2 Å². The van der Waals surface area contributed by atoms with Crippen LogP contribution in [0.3, 0.4) is 0 Å². The van der Waals surface area contributed by atoms with E-state index in [1.165, 1.54) is 12.4 Å². The van der Waals surface area contributed by atoms with Gasteiger partial charge in [0.25, 0.3) is 0 Å². The minimum atomic E-state index is -0.920. The van der Waals surface area contributed by atoms with Gasteiger partial charge in [-0.05, 0) is 68.7 Å². The van der Waals surface area contributed by atoms with Gasteiger partial charge >= 0.3 is 0 Å². The quantitative estimate of drug-likeness (QED) is 0.292. The van der Waals surface area contributed by atoms with Crippen LogP contribution in [0.4, 0.5) is 20.3 Å². The first-order valence-electron chi connectivity index (χ1n) is 13.6. The molecule has 1 fully saturated rings. The van der Waals surface area contributed by atoms with Gasteiger partial charge in [0.15, 0.2) is 23.1 Å². The van der Waals surface area contributed by atoms with Gasteiger partial charge in [-0.1, -0.05) is 6.07 Å². The van der Waals surface area contributed by atoms with Gasteiger partial charge in [0.05, 0.1) is 41.7 Å². The molecule has 1 aromatic carbocycles. The van der Waals surface area contributed by atoms with Crippen molar-refractivity contribution >= 4 is 22.7 Å². The Kier molecular flexibility index (Phi) is 7.04. The molecule has 0 radical (unpaired) electrons. The maximum atomic E-state index is 14.1. The molecule has 5 heterocycles. The SMILES string of the molecule is CC(C)Nc1ncnc2c1ncn2Cc1cc(-c2ccc(F)c(F)c2)ncc1N1CCC[C@](N)(c2ccccn2)C1. The minimum Gasteiger partial charge on any atom is -0.368 e. The van der Waals surface area contributed by atoms with Gasteiger partial charge in [0, 0.05) is 30.9 Å². The van der Waals surface area contributed by atoms with Crippen molar-refractivity contribution in [2.45, 2.75) is 44.8 Å². The van der Waals surface area contributed by atoms with Gasteiger partial charge in [-0.15, -0.1) is 0 Å². The van der Waals surface area contributed by atoms with Crippen LogP contribution in [-0.2, 0) is 12.1 Å². The minimum absolute atomic E-state index is 0.179. The summed E-state index contributed by atoms with van der Waals surface area (Å²) in [6, 6.07) is 11.7. The Morgan fingerprint density at radius 2 is 1.90 bits per heavy atom. The van der Waals surface area contributed by atoms with Gasteiger partial charge in [0.1, 0.15) is 11.8 Å². The Bertz CT molecular complexity index is 1690. The molecule has 1 aliphatic heterocycles. The Hall–Kier alpha value is -4.51. The number of hydrogen-bond acceptors (Lipinski definition) is 8. The van der Waals surface area contributed by atoms with Crippen molar-refractivity contribution in [1.82, 2.24) is 29.5 Å². The number of nitrogens with two attached hydrogens (primary N) is 1. The predicted octanol–water partition coefficient (Wildman–Crippen LogP) is 4.88. The second kappa shape index (κ2) is 10.8. The van der Waals surface area contributed by atoms with Crippen LogP contribution in [0.1, 0.15) is 37.9 Å². The molecule has 0 spiro atoms. The largest absolute Gasteiger partial charge is 0.368 e. The maximum Gasteiger partial charge on any atom is 0.165 e. The molecule has 4 aromatic heterocycles. The fourth-order valence-corrected chi connectivity index (χ4v) is 5.43. The number of benzene rings is 1. The number of piperidine rings is 1. The lowest BCUT2D eigenvalue weighted by Gasteiger charge is -2.41. The number of fused-ring (bicyclic) bond motifs is 1. The van der Waals surface area contributed by atoms with Crippen LogP contribution in [0.25, 0.3) is 22.4 Å². The molecule has 0 aliphatic carbocycles. The highest BCUT2D eigenvalue weighted by Gasteiger charge is 2.35. The molecule has 41 heavy (non-hydrogen) atoms. The van der Waals surface area contributed by atoms with E-state index >= 15 is 0 Å². The van der Waals surface area contributed by atoms with Crippen LogP contribution < -0.4 is 16.0 Å². The number of anilines is 2. The predicted molar refractivity (Wildman–Crippen MR) is 154 cm³/mol. The zero-order valence-corrected chi connectivity index (χ0v) is 22.9. The van der Waals surface area contributed by atoms with Crippen LogP contribution in [0.15, 0.2) is 67.5 Å². The summed E-state index contributed by atoms with van der Waals surface area (Å²) < 4.78 is 29.8. The fourth-order valence-electron chi connectivity index (χ4n) is 5.43. The lowest BCUT2D eigenvalue weighted by molar-refractivity contribution is 0.345. The highest BCUT2D eigenvalue weighted by Crippen LogP contribution is 2.34. The molecule has 5 aromatic rings. The lowest BCUT2D eigenvalue weighted by Crippen LogP contribution is -2.52. The molecule has 0 saturated carbocycles. The summed E-state index contributed by atoms with van der Waals surface area (Å²) in [5, 5.41) is 3.32. The average molecular weight is 556 g/mol. The van der Waals surface area contributed by atoms with Crippen molar-refractivity contribution in [1.29, 1.82) is 0 Å². The molecule has 1 aliphatic rings. The van der Waals surface area contributed by atoms with Crippen molar-refractivity contribution in [3.05, 3.63) is 90.4 Å². The van der Waals surface area contributed by atoms with E-state index in [2.05, 4.69) is 35.1 Å². The Labute approximate surface area is 236 Å². The third-order valence-electron chi connectivity index (χ3n) is 7.39. The van der Waals surface area contributed by atoms with Gasteiger partial charge in [-0.3, -0.25) is 9.97 Å². The smallest absolute Gasteiger partial charge is 0.165 e. The van der Waals surface area contributed by atoms with E-state index in [1.54, 1.807) is 18.7 Å². The monoisotopic (exact) mass is 555 g/mol. The summed E-state index contributed by atoms with van der Waals surface area (Å²) in [6.07, 6.45) is 8.50. The Balaban J connectivity index is 1.41. The Morgan fingerprint density at radius 3 is 2.68 bits per heavy atom. The highest BCUT2D eigenvalue weighted by molar-refractivity contribution is 5.83. The van der Waals surface area contributed by atoms with Crippen molar-refractivity contribution in [3.63, 3.8) is 0 Å². The number of aromatic nitrogens is 6. The van der Waals surface area contributed by atoms with Crippen molar-refractivity contribution in [3.8, 4) is 11.3 Å². The molecule has 3 N–H and O–H groups in total. The van der Waals surface area contributed by atoms with E-state index in [1.807, 2.05) is 42.7 Å². The van der Waals surface area contributed by atoms with E-state index in [-0.39, 0.29) is 6.04 Å². The molecule has 9 nitrogen and oxygen atoms in total. The first-order chi connectivity index (χ1) is 19.8. The summed E-state index contributed by atoms with van der Waals surface area (Å²) in [5.41, 5.74) is 11.3. The van der Waals surface area contributed by atoms with E-state index in [0.29, 0.717) is 41.3 Å². The number of nitrogens with one attached hydrogen (secondary N) is 1. The molecular weight excluding hydrogens is 524 g/mol. The third-order valence-corrected chi connectivity index (χ3v) is 7.39. The summed E-state index contributed by atoms with van der Waals surface area (Å²) in [5.74, 6) is -1.15. The van der Waals surface area contributed by atoms with Crippen LogP contribution >= 0.6 is 0 Å². The van der Waals surface area contributed by atoms with Gasteiger partial charge < -0.3 is 20.5 Å². The lowest BCUT2D eigenvalue weighted by atomic mass is 9.86. The molecule has 0 unspecified atom stereocenters. The highest BCUT2D eigenvalue weighted by atomic mass is 19.2. The van der Waals surface area contributed by atoms with Crippen LogP contribution in [0, 0.1) is 11.6 Å². The molecule has 6 rings (SSSR count). The molecule has 11 heteroatoms. The first kappa shape index (κ1) is 26.7. The van der Waals surface area contributed by atoms with E-state index in [4.69, 9.17) is 5.73 Å². The zero-order valence-electron chi connectivity index (χ0n) is 22.9. The standard InChI is InChI=1S/C30H31F2N9/c1-19(2)39-28-27-29(37-17-36-28)41(18-38-27)15-21-13-24(20-7-8-22(31)23(32)12-20)35-14-25(21)40-11-5-9-30(33,16-40)26-6-3-4-10-34-26/h3-4,6-8,10,12-14,17-19H,5,9,11,15-16,33H2,1-2H3,(H,36,37,39)/t30-/m1/s1. The van der Waals surface area contributed by atoms with Gasteiger partial charge in [0.2, 0.25) is 0 Å². The van der Waals surface area contributed by atoms with Crippen molar-refractivity contribution < 1.29 is 8.78 Å². The van der Waals surface area contributed by atoms with Crippen molar-refractivity contribution in [2.75, 3.05) is 23.3 Å². The van der Waals surface area contributed by atoms with Crippen LogP contribution in [0.2, 0.25) is 0 Å². The molecule has 210 valence electrons. The molecule has 1 atom stereocenters. The maximum absolute atomic E-state index is 14.1. The number of halogens is 2. The number of pyridine rings is 2. The zero-order chi connectivity index (χ0) is 28.6.